The first-order valence-electron chi connectivity index (χ1n) is 7.44. The maximum absolute atomic E-state index is 5.17. The number of benzene rings is 1. The van der Waals surface area contributed by atoms with Gasteiger partial charge in [0.05, 0.1) is 6.61 Å². The van der Waals surface area contributed by atoms with E-state index in [1.165, 1.54) is 11.3 Å². The van der Waals surface area contributed by atoms with Crippen LogP contribution in [0.25, 0.3) is 0 Å². The molecule has 1 unspecified atom stereocenters. The van der Waals surface area contributed by atoms with Crippen LogP contribution in [0.2, 0.25) is 0 Å². The molecule has 0 fully saturated rings. The van der Waals surface area contributed by atoms with Gasteiger partial charge in [0, 0.05) is 31.9 Å². The Morgan fingerprint density at radius 3 is 2.50 bits per heavy atom. The standard InChI is InChI=1S/C17H28N2O/c1-5-12-19(13-14-20-4)16-10-8-15(9-11-16)17(6-2)18-7-3/h5,8-11,17-18H,1,6-7,12-14H2,2-4H3. The van der Waals surface area contributed by atoms with Crippen molar-refractivity contribution < 1.29 is 4.74 Å². The van der Waals surface area contributed by atoms with E-state index in [4.69, 9.17) is 4.74 Å². The van der Waals surface area contributed by atoms with Gasteiger partial charge in [-0.15, -0.1) is 6.58 Å². The molecule has 1 N–H and O–H groups in total. The predicted octanol–water partition coefficient (Wildman–Crippen LogP) is 3.39. The third-order valence-corrected chi connectivity index (χ3v) is 3.43. The highest BCUT2D eigenvalue weighted by Gasteiger charge is 2.09. The number of hydrogen-bond donors (Lipinski definition) is 1. The van der Waals surface area contributed by atoms with Crippen LogP contribution in [0.4, 0.5) is 5.69 Å². The highest BCUT2D eigenvalue weighted by Crippen LogP contribution is 2.21. The van der Waals surface area contributed by atoms with E-state index in [-0.39, 0.29) is 0 Å². The highest BCUT2D eigenvalue weighted by molar-refractivity contribution is 5.48. The quantitative estimate of drug-likeness (QED) is 0.663. The summed E-state index contributed by atoms with van der Waals surface area (Å²) in [5.41, 5.74) is 2.57. The van der Waals surface area contributed by atoms with Crippen molar-refractivity contribution >= 4 is 5.69 Å². The van der Waals surface area contributed by atoms with Gasteiger partial charge in [0.25, 0.3) is 0 Å². The number of ether oxygens (including phenoxy) is 1. The molecule has 0 aliphatic heterocycles. The van der Waals surface area contributed by atoms with E-state index in [0.717, 1.165) is 32.7 Å². The smallest absolute Gasteiger partial charge is 0.0637 e. The summed E-state index contributed by atoms with van der Waals surface area (Å²) in [6.07, 6.45) is 3.03. The minimum absolute atomic E-state index is 0.445. The summed E-state index contributed by atoms with van der Waals surface area (Å²) in [4.78, 5) is 2.27. The second kappa shape index (κ2) is 9.56. The second-order valence-electron chi connectivity index (χ2n) is 4.84. The van der Waals surface area contributed by atoms with Crippen molar-refractivity contribution in [3.05, 3.63) is 42.5 Å². The summed E-state index contributed by atoms with van der Waals surface area (Å²) < 4.78 is 5.17. The first kappa shape index (κ1) is 16.7. The van der Waals surface area contributed by atoms with Crippen LogP contribution in [-0.2, 0) is 4.74 Å². The Balaban J connectivity index is 2.78. The molecule has 3 heteroatoms. The summed E-state index contributed by atoms with van der Waals surface area (Å²) in [6.45, 7) is 11.6. The number of nitrogens with zero attached hydrogens (tertiary/aromatic N) is 1. The number of rotatable bonds is 10. The number of hydrogen-bond acceptors (Lipinski definition) is 3. The molecule has 0 aliphatic rings. The van der Waals surface area contributed by atoms with Crippen molar-refractivity contribution in [3.8, 4) is 0 Å². The zero-order chi connectivity index (χ0) is 14.8. The lowest BCUT2D eigenvalue weighted by molar-refractivity contribution is 0.206. The van der Waals surface area contributed by atoms with E-state index in [1.54, 1.807) is 7.11 Å². The van der Waals surface area contributed by atoms with Gasteiger partial charge in [-0.25, -0.2) is 0 Å². The van der Waals surface area contributed by atoms with Gasteiger partial charge in [0.1, 0.15) is 0 Å². The van der Waals surface area contributed by atoms with Crippen LogP contribution in [0.1, 0.15) is 31.9 Å². The van der Waals surface area contributed by atoms with Crippen molar-refractivity contribution in [1.29, 1.82) is 0 Å². The molecule has 3 nitrogen and oxygen atoms in total. The Labute approximate surface area is 123 Å². The predicted molar refractivity (Wildman–Crippen MR) is 87.4 cm³/mol. The minimum Gasteiger partial charge on any atom is -0.383 e. The van der Waals surface area contributed by atoms with E-state index in [1.807, 2.05) is 6.08 Å². The molecule has 1 aromatic rings. The van der Waals surface area contributed by atoms with Crippen LogP contribution in [0.15, 0.2) is 36.9 Å². The molecule has 1 atom stereocenters. The average Bonchev–Trinajstić information content (AvgIpc) is 2.49. The molecule has 0 aliphatic carbocycles. The Hall–Kier alpha value is -1.32. The van der Waals surface area contributed by atoms with E-state index >= 15 is 0 Å². The molecule has 0 amide bonds. The molecule has 1 aromatic carbocycles. The zero-order valence-electron chi connectivity index (χ0n) is 13.1. The topological polar surface area (TPSA) is 24.5 Å². The fraction of sp³-hybridized carbons (Fsp3) is 0.529. The number of anilines is 1. The lowest BCUT2D eigenvalue weighted by atomic mass is 10.0. The zero-order valence-corrected chi connectivity index (χ0v) is 13.1. The summed E-state index contributed by atoms with van der Waals surface area (Å²) in [5, 5.41) is 3.51. The molecule has 0 radical (unpaired) electrons. The maximum Gasteiger partial charge on any atom is 0.0637 e. The molecule has 0 saturated carbocycles. The summed E-state index contributed by atoms with van der Waals surface area (Å²) in [6, 6.07) is 9.26. The van der Waals surface area contributed by atoms with Crippen LogP contribution in [-0.4, -0.2) is 33.4 Å². The summed E-state index contributed by atoms with van der Waals surface area (Å²) in [7, 11) is 1.73. The van der Waals surface area contributed by atoms with Crippen LogP contribution in [0, 0.1) is 0 Å². The van der Waals surface area contributed by atoms with Crippen molar-refractivity contribution in [1.82, 2.24) is 5.32 Å². The van der Waals surface area contributed by atoms with Gasteiger partial charge >= 0.3 is 0 Å². The monoisotopic (exact) mass is 276 g/mol. The fourth-order valence-corrected chi connectivity index (χ4v) is 2.34. The minimum atomic E-state index is 0.445. The average molecular weight is 276 g/mol. The lowest BCUT2D eigenvalue weighted by Crippen LogP contribution is -2.27. The molecule has 0 bridgehead atoms. The summed E-state index contributed by atoms with van der Waals surface area (Å²) >= 11 is 0. The van der Waals surface area contributed by atoms with Crippen molar-refractivity contribution in [3.63, 3.8) is 0 Å². The highest BCUT2D eigenvalue weighted by atomic mass is 16.5. The van der Waals surface area contributed by atoms with Crippen LogP contribution >= 0.6 is 0 Å². The Kier molecular flexibility index (Phi) is 8.00. The Morgan fingerprint density at radius 2 is 2.00 bits per heavy atom. The van der Waals surface area contributed by atoms with Crippen molar-refractivity contribution in [2.75, 3.05) is 38.3 Å². The first-order chi connectivity index (χ1) is 9.76. The molecule has 0 spiro atoms. The van der Waals surface area contributed by atoms with Gasteiger partial charge in [0.15, 0.2) is 0 Å². The molecule has 0 saturated heterocycles. The largest absolute Gasteiger partial charge is 0.383 e. The van der Waals surface area contributed by atoms with Crippen LogP contribution in [0.5, 0.6) is 0 Å². The molecular weight excluding hydrogens is 248 g/mol. The van der Waals surface area contributed by atoms with Gasteiger partial charge in [0.2, 0.25) is 0 Å². The maximum atomic E-state index is 5.17. The Morgan fingerprint density at radius 1 is 1.30 bits per heavy atom. The molecule has 0 aromatic heterocycles. The third kappa shape index (κ3) is 4.99. The van der Waals surface area contributed by atoms with Gasteiger partial charge in [-0.2, -0.15) is 0 Å². The van der Waals surface area contributed by atoms with E-state index in [9.17, 15) is 0 Å². The molecule has 20 heavy (non-hydrogen) atoms. The van der Waals surface area contributed by atoms with Gasteiger partial charge < -0.3 is 15.0 Å². The Bertz CT molecular complexity index is 375. The summed E-state index contributed by atoms with van der Waals surface area (Å²) in [5.74, 6) is 0. The SMILES string of the molecule is C=CCN(CCOC)c1ccc(C(CC)NCC)cc1. The van der Waals surface area contributed by atoms with Crippen molar-refractivity contribution in [2.45, 2.75) is 26.3 Å². The number of methoxy groups -OCH3 is 1. The normalized spacial score (nSPS) is 12.2. The lowest BCUT2D eigenvalue weighted by Gasteiger charge is -2.24. The molecule has 112 valence electrons. The molecule has 0 heterocycles. The first-order valence-corrected chi connectivity index (χ1v) is 7.44. The molecular formula is C17H28N2O. The van der Waals surface area contributed by atoms with E-state index < -0.39 is 0 Å². The number of nitrogens with one attached hydrogen (secondary N) is 1. The van der Waals surface area contributed by atoms with E-state index in [2.05, 4.69) is 54.9 Å². The third-order valence-electron chi connectivity index (χ3n) is 3.43. The van der Waals surface area contributed by atoms with Crippen LogP contribution < -0.4 is 10.2 Å². The van der Waals surface area contributed by atoms with Gasteiger partial charge in [-0.1, -0.05) is 32.1 Å². The van der Waals surface area contributed by atoms with Gasteiger partial charge in [-0.3, -0.25) is 0 Å². The van der Waals surface area contributed by atoms with Gasteiger partial charge in [-0.05, 0) is 30.7 Å². The fourth-order valence-electron chi connectivity index (χ4n) is 2.34. The van der Waals surface area contributed by atoms with E-state index in [0.29, 0.717) is 6.04 Å². The molecule has 1 rings (SSSR count). The van der Waals surface area contributed by atoms with Crippen molar-refractivity contribution in [2.24, 2.45) is 0 Å². The van der Waals surface area contributed by atoms with Crippen LogP contribution in [0.3, 0.4) is 0 Å². The second-order valence-corrected chi connectivity index (χ2v) is 4.84.